The Morgan fingerprint density at radius 1 is 1.06 bits per heavy atom. The fourth-order valence-corrected chi connectivity index (χ4v) is 2.79. The van der Waals surface area contributed by atoms with E-state index in [4.69, 9.17) is 13.6 Å². The lowest BCUT2D eigenvalue weighted by Gasteiger charge is -2.06. The number of carbonyl (C=O) groups is 1. The lowest BCUT2D eigenvalue weighted by Crippen LogP contribution is -2.20. The normalized spacial score (nSPS) is 11.5. The molecule has 0 spiro atoms. The summed E-state index contributed by atoms with van der Waals surface area (Å²) >= 11 is 0. The molecule has 4 rings (SSSR count). The predicted octanol–water partition coefficient (Wildman–Crippen LogP) is 4.12. The molecule has 2 heterocycles. The van der Waals surface area contributed by atoms with E-state index in [-0.39, 0.29) is 28.6 Å². The molecule has 0 unspecified atom stereocenters. The fourth-order valence-electron chi connectivity index (χ4n) is 2.79. The number of ether oxygens (including phenoxy) is 1. The lowest BCUT2D eigenvalue weighted by molar-refractivity contribution is -0.137. The summed E-state index contributed by atoms with van der Waals surface area (Å²) in [5.41, 5.74) is -1.64. The highest BCUT2D eigenvalue weighted by molar-refractivity contribution is 6.04. The highest BCUT2D eigenvalue weighted by Gasteiger charge is 2.30. The Morgan fingerprint density at radius 2 is 1.81 bits per heavy atom. The monoisotopic (exact) mass is 431 g/mol. The number of carbonyl (C=O) groups excluding carboxylic acids is 1. The van der Waals surface area contributed by atoms with Crippen LogP contribution in [0.5, 0.6) is 5.75 Å². The second-order valence-corrected chi connectivity index (χ2v) is 6.27. The number of hydrogen-bond donors (Lipinski definition) is 1. The zero-order chi connectivity index (χ0) is 22.2. The number of benzene rings is 2. The molecule has 11 heteroatoms. The molecule has 1 N–H and O–H groups in total. The van der Waals surface area contributed by atoms with Crippen molar-refractivity contribution in [3.05, 3.63) is 70.1 Å². The highest BCUT2D eigenvalue weighted by Crippen LogP contribution is 2.31. The maximum absolute atomic E-state index is 12.7. The van der Waals surface area contributed by atoms with Gasteiger partial charge in [0.15, 0.2) is 11.3 Å². The molecule has 0 aliphatic rings. The summed E-state index contributed by atoms with van der Waals surface area (Å²) in [5.74, 6) is -0.639. The largest absolute Gasteiger partial charge is 0.493 e. The summed E-state index contributed by atoms with van der Waals surface area (Å²) in [6, 6.07) is 9.94. The third kappa shape index (κ3) is 3.97. The van der Waals surface area contributed by atoms with Crippen LogP contribution in [0.1, 0.15) is 15.9 Å². The lowest BCUT2D eigenvalue weighted by atomic mass is 10.1. The molecule has 158 valence electrons. The van der Waals surface area contributed by atoms with Crippen molar-refractivity contribution in [1.29, 1.82) is 0 Å². The van der Waals surface area contributed by atoms with Crippen molar-refractivity contribution in [3.63, 3.8) is 0 Å². The summed E-state index contributed by atoms with van der Waals surface area (Å²) in [6.45, 7) is 0. The van der Waals surface area contributed by atoms with Crippen molar-refractivity contribution >= 4 is 22.9 Å². The summed E-state index contributed by atoms with van der Waals surface area (Å²) in [4.78, 5) is 24.7. The quantitative estimate of drug-likeness (QED) is 0.484. The highest BCUT2D eigenvalue weighted by atomic mass is 19.4. The molecule has 0 radical (unpaired) electrons. The first kappa shape index (κ1) is 20.1. The van der Waals surface area contributed by atoms with Crippen molar-refractivity contribution in [2.24, 2.45) is 0 Å². The standard InChI is InChI=1S/C20H12F3N3O5/c1-29-14-4-2-3-11-9-13(18(28)30-15(11)14)16(27)24-19-26-25-17(31-19)10-5-7-12(8-6-10)20(21,22)23/h2-9H,1H3,(H,24,26,27). The summed E-state index contributed by atoms with van der Waals surface area (Å²) in [5, 5.41) is 10.0. The molecule has 0 fully saturated rings. The number of para-hydroxylation sites is 1. The molecule has 31 heavy (non-hydrogen) atoms. The number of rotatable bonds is 4. The Labute approximate surface area is 171 Å². The maximum atomic E-state index is 12.7. The van der Waals surface area contributed by atoms with Crippen molar-refractivity contribution in [2.45, 2.75) is 6.18 Å². The molecule has 0 aliphatic heterocycles. The minimum atomic E-state index is -4.47. The summed E-state index contributed by atoms with van der Waals surface area (Å²) in [7, 11) is 1.42. The van der Waals surface area contributed by atoms with Gasteiger partial charge >= 0.3 is 17.8 Å². The van der Waals surface area contributed by atoms with Crippen LogP contribution in [0.25, 0.3) is 22.4 Å². The van der Waals surface area contributed by atoms with Crippen molar-refractivity contribution in [2.75, 3.05) is 12.4 Å². The average Bonchev–Trinajstić information content (AvgIpc) is 3.20. The number of nitrogens with zero attached hydrogens (tertiary/aromatic N) is 2. The summed E-state index contributed by atoms with van der Waals surface area (Å²) in [6.07, 6.45) is -4.47. The third-order valence-corrected chi connectivity index (χ3v) is 4.29. The van der Waals surface area contributed by atoms with Crippen LogP contribution in [0.3, 0.4) is 0 Å². The molecule has 1 amide bonds. The Bertz CT molecular complexity index is 1330. The van der Waals surface area contributed by atoms with Crippen LogP contribution in [0.4, 0.5) is 19.2 Å². The molecule has 4 aromatic rings. The van der Waals surface area contributed by atoms with E-state index in [2.05, 4.69) is 15.5 Å². The first-order valence-corrected chi connectivity index (χ1v) is 8.69. The topological polar surface area (TPSA) is 107 Å². The number of aromatic nitrogens is 2. The van der Waals surface area contributed by atoms with Crippen LogP contribution >= 0.6 is 0 Å². The van der Waals surface area contributed by atoms with Gasteiger partial charge < -0.3 is 13.6 Å². The van der Waals surface area contributed by atoms with E-state index in [9.17, 15) is 22.8 Å². The Hall–Kier alpha value is -4.15. The van der Waals surface area contributed by atoms with Gasteiger partial charge in [-0.05, 0) is 36.4 Å². The van der Waals surface area contributed by atoms with Crippen LogP contribution in [-0.4, -0.2) is 23.2 Å². The van der Waals surface area contributed by atoms with Gasteiger partial charge in [-0.25, -0.2) is 4.79 Å². The summed E-state index contributed by atoms with van der Waals surface area (Å²) < 4.78 is 53.6. The van der Waals surface area contributed by atoms with E-state index >= 15 is 0 Å². The SMILES string of the molecule is COc1cccc2cc(C(=O)Nc3nnc(-c4ccc(C(F)(F)F)cc4)o3)c(=O)oc12. The molecule has 0 saturated carbocycles. The van der Waals surface area contributed by atoms with Crippen molar-refractivity contribution < 1.29 is 31.5 Å². The maximum Gasteiger partial charge on any atom is 0.416 e. The van der Waals surface area contributed by atoms with Crippen LogP contribution in [0, 0.1) is 0 Å². The van der Waals surface area contributed by atoms with Crippen molar-refractivity contribution in [1.82, 2.24) is 10.2 Å². The predicted molar refractivity (Wildman–Crippen MR) is 102 cm³/mol. The van der Waals surface area contributed by atoms with E-state index in [1.807, 2.05) is 0 Å². The van der Waals surface area contributed by atoms with Crippen LogP contribution in [-0.2, 0) is 6.18 Å². The second kappa shape index (κ2) is 7.59. The minimum absolute atomic E-state index is 0.112. The molecular formula is C20H12F3N3O5. The van der Waals surface area contributed by atoms with E-state index < -0.39 is 23.3 Å². The average molecular weight is 431 g/mol. The number of anilines is 1. The van der Waals surface area contributed by atoms with Gasteiger partial charge in [0.1, 0.15) is 5.56 Å². The fraction of sp³-hybridized carbons (Fsp3) is 0.100. The van der Waals surface area contributed by atoms with Gasteiger partial charge in [0.25, 0.3) is 5.91 Å². The molecule has 8 nitrogen and oxygen atoms in total. The van der Waals surface area contributed by atoms with Crippen molar-refractivity contribution in [3.8, 4) is 17.2 Å². The third-order valence-electron chi connectivity index (χ3n) is 4.29. The molecule has 2 aromatic heterocycles. The first-order valence-electron chi connectivity index (χ1n) is 8.69. The molecule has 0 atom stereocenters. The second-order valence-electron chi connectivity index (χ2n) is 6.27. The smallest absolute Gasteiger partial charge is 0.416 e. The number of amides is 1. The molecule has 0 aliphatic carbocycles. The van der Waals surface area contributed by atoms with Gasteiger partial charge in [-0.3, -0.25) is 10.1 Å². The molecule has 2 aromatic carbocycles. The van der Waals surface area contributed by atoms with Gasteiger partial charge in [0.05, 0.1) is 12.7 Å². The van der Waals surface area contributed by atoms with Gasteiger partial charge in [-0.15, -0.1) is 5.10 Å². The van der Waals surface area contributed by atoms with E-state index in [0.717, 1.165) is 24.3 Å². The minimum Gasteiger partial charge on any atom is -0.493 e. The number of nitrogens with one attached hydrogen (secondary N) is 1. The van der Waals surface area contributed by atoms with Gasteiger partial charge in [-0.1, -0.05) is 17.2 Å². The zero-order valence-electron chi connectivity index (χ0n) is 15.7. The number of alkyl halides is 3. The van der Waals surface area contributed by atoms with Gasteiger partial charge in [-0.2, -0.15) is 13.2 Å². The van der Waals surface area contributed by atoms with E-state index in [1.165, 1.54) is 13.2 Å². The molecule has 0 bridgehead atoms. The Kier molecular flexibility index (Phi) is 4.93. The van der Waals surface area contributed by atoms with Crippen LogP contribution in [0.15, 0.2) is 62.2 Å². The number of fused-ring (bicyclic) bond motifs is 1. The number of methoxy groups -OCH3 is 1. The number of halogens is 3. The van der Waals surface area contributed by atoms with Crippen LogP contribution in [0.2, 0.25) is 0 Å². The zero-order valence-corrected chi connectivity index (χ0v) is 15.7. The van der Waals surface area contributed by atoms with E-state index in [0.29, 0.717) is 11.1 Å². The number of hydrogen-bond acceptors (Lipinski definition) is 7. The first-order chi connectivity index (χ1) is 14.8. The Morgan fingerprint density at radius 3 is 2.48 bits per heavy atom. The Balaban J connectivity index is 1.57. The molecule has 0 saturated heterocycles. The van der Waals surface area contributed by atoms with Crippen LogP contribution < -0.4 is 15.7 Å². The molecular weight excluding hydrogens is 419 g/mol. The van der Waals surface area contributed by atoms with Gasteiger partial charge in [0, 0.05) is 10.9 Å². The van der Waals surface area contributed by atoms with E-state index in [1.54, 1.807) is 18.2 Å². The van der Waals surface area contributed by atoms with Gasteiger partial charge in [0.2, 0.25) is 5.89 Å².